The van der Waals surface area contributed by atoms with E-state index in [0.29, 0.717) is 30.4 Å². The molecule has 1 saturated carbocycles. The summed E-state index contributed by atoms with van der Waals surface area (Å²) in [6.45, 7) is 6.67. The zero-order valence-corrected chi connectivity index (χ0v) is 23.7. The highest BCUT2D eigenvalue weighted by Gasteiger charge is 2.22. The van der Waals surface area contributed by atoms with Gasteiger partial charge in [0, 0.05) is 6.08 Å². The maximum Gasteiger partial charge on any atom is 0.343 e. The van der Waals surface area contributed by atoms with Crippen LogP contribution in [0, 0.1) is 5.92 Å². The summed E-state index contributed by atoms with van der Waals surface area (Å²) in [5, 5.41) is 0. The number of benzene rings is 2. The fourth-order valence-electron chi connectivity index (χ4n) is 5.28. The first kappa shape index (κ1) is 30.5. The summed E-state index contributed by atoms with van der Waals surface area (Å²) in [6.07, 6.45) is 16.9. The van der Waals surface area contributed by atoms with Crippen molar-refractivity contribution in [3.05, 3.63) is 72.3 Å². The van der Waals surface area contributed by atoms with Gasteiger partial charge in [0.05, 0.1) is 18.8 Å². The average molecular weight is 535 g/mol. The van der Waals surface area contributed by atoms with E-state index >= 15 is 0 Å². The van der Waals surface area contributed by atoms with E-state index in [0.717, 1.165) is 37.4 Å². The van der Waals surface area contributed by atoms with Gasteiger partial charge in [0.2, 0.25) is 0 Å². The summed E-state index contributed by atoms with van der Waals surface area (Å²) in [5.41, 5.74) is 1.86. The molecule has 212 valence electrons. The molecule has 1 fully saturated rings. The largest absolute Gasteiger partial charge is 0.494 e. The normalized spacial score (nSPS) is 16.8. The Balaban J connectivity index is 1.32. The number of rotatable bonds is 17. The Bertz CT molecular complexity index is 987. The maximum atomic E-state index is 12.6. The zero-order chi connectivity index (χ0) is 27.7. The fraction of sp³-hybridized carbons (Fsp3) is 0.529. The van der Waals surface area contributed by atoms with Crippen LogP contribution in [0.1, 0.15) is 112 Å². The van der Waals surface area contributed by atoms with Gasteiger partial charge >= 0.3 is 11.9 Å². The van der Waals surface area contributed by atoms with E-state index < -0.39 is 0 Å². The summed E-state index contributed by atoms with van der Waals surface area (Å²) in [7, 11) is 0. The zero-order valence-electron chi connectivity index (χ0n) is 23.7. The molecular weight excluding hydrogens is 488 g/mol. The van der Waals surface area contributed by atoms with Gasteiger partial charge in [0.15, 0.2) is 0 Å². The number of esters is 2. The van der Waals surface area contributed by atoms with Crippen LogP contribution in [0.15, 0.2) is 61.2 Å². The van der Waals surface area contributed by atoms with Crippen LogP contribution in [0.2, 0.25) is 0 Å². The van der Waals surface area contributed by atoms with E-state index in [4.69, 9.17) is 14.2 Å². The molecule has 0 unspecified atom stereocenters. The average Bonchev–Trinajstić information content (AvgIpc) is 2.97. The third-order valence-electron chi connectivity index (χ3n) is 7.68. The Labute approximate surface area is 234 Å². The number of ether oxygens (including phenoxy) is 3. The molecule has 0 aliphatic heterocycles. The van der Waals surface area contributed by atoms with Gasteiger partial charge in [0.1, 0.15) is 11.5 Å². The molecule has 0 N–H and O–H groups in total. The molecule has 0 bridgehead atoms. The minimum Gasteiger partial charge on any atom is -0.494 e. The third kappa shape index (κ3) is 11.3. The lowest BCUT2D eigenvalue weighted by Gasteiger charge is -2.29. The predicted molar refractivity (Wildman–Crippen MR) is 156 cm³/mol. The van der Waals surface area contributed by atoms with Crippen molar-refractivity contribution in [2.24, 2.45) is 5.92 Å². The standard InChI is InChI=1S/C34H46O5/c1-3-5-6-9-12-27-13-15-28(16-14-27)29-17-23-32(24-18-29)39-34(36)30-19-21-31(22-20-30)37-25-10-7-8-11-26-38-33(35)4-2/h4,17-24,27-28H,2-3,5-16,25-26H2,1H3. The van der Waals surface area contributed by atoms with Crippen molar-refractivity contribution >= 4 is 11.9 Å². The van der Waals surface area contributed by atoms with E-state index in [2.05, 4.69) is 25.6 Å². The van der Waals surface area contributed by atoms with Crippen molar-refractivity contribution in [2.45, 2.75) is 96.3 Å². The second-order valence-corrected chi connectivity index (χ2v) is 10.7. The maximum absolute atomic E-state index is 12.6. The summed E-state index contributed by atoms with van der Waals surface area (Å²) in [6, 6.07) is 15.2. The Morgan fingerprint density at radius 1 is 0.795 bits per heavy atom. The molecule has 0 radical (unpaired) electrons. The SMILES string of the molecule is C=CC(=O)OCCCCCCOc1ccc(C(=O)Oc2ccc(C3CCC(CCCCCC)CC3)cc2)cc1. The lowest BCUT2D eigenvalue weighted by molar-refractivity contribution is -0.137. The first-order valence-electron chi connectivity index (χ1n) is 14.9. The summed E-state index contributed by atoms with van der Waals surface area (Å²) in [4.78, 5) is 23.6. The second-order valence-electron chi connectivity index (χ2n) is 10.7. The lowest BCUT2D eigenvalue weighted by Crippen LogP contribution is -2.13. The minimum absolute atomic E-state index is 0.366. The second kappa shape index (κ2) is 17.5. The molecular formula is C34H46O5. The van der Waals surface area contributed by atoms with Crippen molar-refractivity contribution in [1.29, 1.82) is 0 Å². The van der Waals surface area contributed by atoms with Crippen LogP contribution in [-0.4, -0.2) is 25.2 Å². The molecule has 39 heavy (non-hydrogen) atoms. The van der Waals surface area contributed by atoms with Crippen LogP contribution in [0.4, 0.5) is 0 Å². The molecule has 2 aromatic rings. The van der Waals surface area contributed by atoms with Gasteiger partial charge < -0.3 is 14.2 Å². The monoisotopic (exact) mass is 534 g/mol. The predicted octanol–water partition coefficient (Wildman–Crippen LogP) is 8.82. The van der Waals surface area contributed by atoms with Crippen molar-refractivity contribution in [3.63, 3.8) is 0 Å². The number of unbranched alkanes of at least 4 members (excludes halogenated alkanes) is 6. The summed E-state index contributed by atoms with van der Waals surface area (Å²) >= 11 is 0. The smallest absolute Gasteiger partial charge is 0.343 e. The highest BCUT2D eigenvalue weighted by Crippen LogP contribution is 2.38. The third-order valence-corrected chi connectivity index (χ3v) is 7.68. The number of hydrogen-bond acceptors (Lipinski definition) is 5. The van der Waals surface area contributed by atoms with E-state index in [1.807, 2.05) is 12.1 Å². The van der Waals surface area contributed by atoms with Gasteiger partial charge in [0.25, 0.3) is 0 Å². The van der Waals surface area contributed by atoms with E-state index in [-0.39, 0.29) is 11.9 Å². The Kier molecular flexibility index (Phi) is 13.7. The molecule has 2 aromatic carbocycles. The fourth-order valence-corrected chi connectivity index (χ4v) is 5.28. The summed E-state index contributed by atoms with van der Waals surface area (Å²) < 4.78 is 16.3. The van der Waals surface area contributed by atoms with Crippen molar-refractivity contribution in [2.75, 3.05) is 13.2 Å². The molecule has 3 rings (SSSR count). The lowest BCUT2D eigenvalue weighted by atomic mass is 9.77. The molecule has 0 heterocycles. The topological polar surface area (TPSA) is 61.8 Å². The number of carbonyl (C=O) groups excluding carboxylic acids is 2. The van der Waals surface area contributed by atoms with Crippen LogP contribution < -0.4 is 9.47 Å². The van der Waals surface area contributed by atoms with E-state index in [1.54, 1.807) is 24.3 Å². The first-order chi connectivity index (χ1) is 19.1. The van der Waals surface area contributed by atoms with Crippen LogP contribution >= 0.6 is 0 Å². The van der Waals surface area contributed by atoms with E-state index in [9.17, 15) is 9.59 Å². The molecule has 1 aliphatic rings. The van der Waals surface area contributed by atoms with Crippen LogP contribution in [0.25, 0.3) is 0 Å². The Morgan fingerprint density at radius 3 is 2.10 bits per heavy atom. The number of hydrogen-bond donors (Lipinski definition) is 0. The molecule has 0 aromatic heterocycles. The van der Waals surface area contributed by atoms with Gasteiger partial charge in [-0.3, -0.25) is 0 Å². The van der Waals surface area contributed by atoms with Gasteiger partial charge in [-0.15, -0.1) is 0 Å². The van der Waals surface area contributed by atoms with Gasteiger partial charge in [-0.1, -0.05) is 57.7 Å². The Morgan fingerprint density at radius 2 is 1.44 bits per heavy atom. The van der Waals surface area contributed by atoms with Gasteiger partial charge in [-0.2, -0.15) is 0 Å². The molecule has 1 aliphatic carbocycles. The Hall–Kier alpha value is -3.08. The molecule has 0 amide bonds. The molecule has 0 saturated heterocycles. The van der Waals surface area contributed by atoms with Crippen molar-refractivity contribution < 1.29 is 23.8 Å². The highest BCUT2D eigenvalue weighted by molar-refractivity contribution is 5.91. The van der Waals surface area contributed by atoms with Gasteiger partial charge in [-0.25, -0.2) is 9.59 Å². The molecule has 0 spiro atoms. The van der Waals surface area contributed by atoms with Gasteiger partial charge in [-0.05, 0) is 105 Å². The quantitative estimate of drug-likeness (QED) is 0.0878. The van der Waals surface area contributed by atoms with Crippen LogP contribution in [0.5, 0.6) is 11.5 Å². The number of carbonyl (C=O) groups is 2. The van der Waals surface area contributed by atoms with Crippen LogP contribution in [0.3, 0.4) is 0 Å². The minimum atomic E-state index is -0.375. The summed E-state index contributed by atoms with van der Waals surface area (Å²) in [5.74, 6) is 2.09. The molecule has 5 heteroatoms. The first-order valence-corrected chi connectivity index (χ1v) is 14.9. The van der Waals surface area contributed by atoms with Crippen molar-refractivity contribution in [1.82, 2.24) is 0 Å². The van der Waals surface area contributed by atoms with Crippen LogP contribution in [-0.2, 0) is 9.53 Å². The van der Waals surface area contributed by atoms with Crippen molar-refractivity contribution in [3.8, 4) is 11.5 Å². The molecule has 0 atom stereocenters. The highest BCUT2D eigenvalue weighted by atomic mass is 16.5. The molecule has 5 nitrogen and oxygen atoms in total. The van der Waals surface area contributed by atoms with E-state index in [1.165, 1.54) is 69.4 Å².